The largest absolute Gasteiger partial charge is 0.307 e. The Bertz CT molecular complexity index is 649. The standard InChI is InChI=1S/C10H8BrFN2O4S/c11-7-1-6(5-15)10(13-3-7)14-4-8(2-9(14)16)19(12,17)18/h1,3,5,8H,2,4H2. The lowest BCUT2D eigenvalue weighted by Gasteiger charge is -2.16. The van der Waals surface area contributed by atoms with E-state index in [-0.39, 0.29) is 17.9 Å². The molecule has 1 aliphatic rings. The molecule has 1 aliphatic heterocycles. The second kappa shape index (κ2) is 4.97. The molecule has 6 nitrogen and oxygen atoms in total. The van der Waals surface area contributed by atoms with Gasteiger partial charge in [0, 0.05) is 23.6 Å². The zero-order valence-corrected chi connectivity index (χ0v) is 11.8. The topological polar surface area (TPSA) is 84.4 Å². The summed E-state index contributed by atoms with van der Waals surface area (Å²) in [5, 5.41) is -1.41. The van der Waals surface area contributed by atoms with E-state index in [9.17, 15) is 21.9 Å². The molecule has 0 N–H and O–H groups in total. The lowest BCUT2D eigenvalue weighted by Crippen LogP contribution is -2.28. The van der Waals surface area contributed by atoms with Gasteiger partial charge in [0.1, 0.15) is 11.1 Å². The van der Waals surface area contributed by atoms with Gasteiger partial charge in [0.05, 0.1) is 5.56 Å². The lowest BCUT2D eigenvalue weighted by atomic mass is 10.2. The Labute approximate surface area is 117 Å². The molecule has 0 aliphatic carbocycles. The molecule has 2 rings (SSSR count). The van der Waals surface area contributed by atoms with Gasteiger partial charge in [-0.3, -0.25) is 14.5 Å². The van der Waals surface area contributed by atoms with Gasteiger partial charge >= 0.3 is 10.2 Å². The minimum atomic E-state index is -4.79. The van der Waals surface area contributed by atoms with Crippen LogP contribution in [0.2, 0.25) is 0 Å². The highest BCUT2D eigenvalue weighted by molar-refractivity contribution is 9.10. The summed E-state index contributed by atoms with van der Waals surface area (Å²) in [6.07, 6.45) is 1.42. The minimum Gasteiger partial charge on any atom is -0.298 e. The van der Waals surface area contributed by atoms with Crippen molar-refractivity contribution in [3.8, 4) is 0 Å². The van der Waals surface area contributed by atoms with Gasteiger partial charge < -0.3 is 0 Å². The van der Waals surface area contributed by atoms with Crippen LogP contribution in [0.15, 0.2) is 16.7 Å². The van der Waals surface area contributed by atoms with Crippen molar-refractivity contribution in [3.63, 3.8) is 0 Å². The highest BCUT2D eigenvalue weighted by Crippen LogP contribution is 2.27. The van der Waals surface area contributed by atoms with Gasteiger partial charge in [0.2, 0.25) is 5.91 Å². The summed E-state index contributed by atoms with van der Waals surface area (Å²) in [6.45, 7) is -0.340. The third-order valence-electron chi connectivity index (χ3n) is 2.73. The number of nitrogens with zero attached hydrogens (tertiary/aromatic N) is 2. The van der Waals surface area contributed by atoms with E-state index in [1.54, 1.807) is 0 Å². The molecule has 0 spiro atoms. The first-order valence-corrected chi connectivity index (χ1v) is 7.41. The fraction of sp³-hybridized carbons (Fsp3) is 0.300. The quantitative estimate of drug-likeness (QED) is 0.601. The van der Waals surface area contributed by atoms with Crippen molar-refractivity contribution >= 4 is 44.2 Å². The van der Waals surface area contributed by atoms with E-state index >= 15 is 0 Å². The zero-order valence-electron chi connectivity index (χ0n) is 9.42. The van der Waals surface area contributed by atoms with Gasteiger partial charge in [0.15, 0.2) is 6.29 Å². The smallest absolute Gasteiger partial charge is 0.298 e. The number of rotatable bonds is 3. The van der Waals surface area contributed by atoms with Crippen molar-refractivity contribution in [1.82, 2.24) is 4.98 Å². The van der Waals surface area contributed by atoms with E-state index in [2.05, 4.69) is 20.9 Å². The first-order valence-electron chi connectivity index (χ1n) is 5.17. The monoisotopic (exact) mass is 350 g/mol. The molecular formula is C10H8BrFN2O4S. The number of aldehydes is 1. The predicted octanol–water partition coefficient (Wildman–Crippen LogP) is 1.06. The molecule has 1 fully saturated rings. The molecule has 2 heterocycles. The van der Waals surface area contributed by atoms with Crippen LogP contribution < -0.4 is 4.90 Å². The molecular weight excluding hydrogens is 343 g/mol. The summed E-state index contributed by atoms with van der Waals surface area (Å²) >= 11 is 3.12. The van der Waals surface area contributed by atoms with Gasteiger partial charge in [-0.2, -0.15) is 8.42 Å². The van der Waals surface area contributed by atoms with Crippen LogP contribution in [0, 0.1) is 0 Å². The average molecular weight is 351 g/mol. The summed E-state index contributed by atoms with van der Waals surface area (Å²) in [4.78, 5) is 27.6. The summed E-state index contributed by atoms with van der Waals surface area (Å²) in [6, 6.07) is 1.44. The molecule has 0 radical (unpaired) electrons. The first-order chi connectivity index (χ1) is 8.82. The molecule has 1 amide bonds. The fourth-order valence-corrected chi connectivity index (χ4v) is 2.85. The third-order valence-corrected chi connectivity index (χ3v) is 4.28. The Kier molecular flexibility index (Phi) is 3.68. The number of carbonyl (C=O) groups is 2. The molecule has 0 aromatic carbocycles. The van der Waals surface area contributed by atoms with Crippen LogP contribution >= 0.6 is 15.9 Å². The van der Waals surface area contributed by atoms with Crippen LogP contribution in [0.25, 0.3) is 0 Å². The number of hydrogen-bond donors (Lipinski definition) is 0. The number of anilines is 1. The number of amides is 1. The number of pyridine rings is 1. The van der Waals surface area contributed by atoms with Gasteiger partial charge in [-0.15, -0.1) is 3.89 Å². The highest BCUT2D eigenvalue weighted by Gasteiger charge is 2.40. The Hall–Kier alpha value is -1.35. The van der Waals surface area contributed by atoms with Crippen molar-refractivity contribution in [2.24, 2.45) is 0 Å². The Morgan fingerprint density at radius 1 is 1.53 bits per heavy atom. The predicted molar refractivity (Wildman–Crippen MR) is 68.1 cm³/mol. The second-order valence-corrected chi connectivity index (χ2v) is 6.52. The molecule has 9 heteroatoms. The maximum absolute atomic E-state index is 12.9. The first kappa shape index (κ1) is 14.1. The molecule has 1 saturated heterocycles. The van der Waals surface area contributed by atoms with Crippen molar-refractivity contribution in [3.05, 3.63) is 22.3 Å². The average Bonchev–Trinajstić information content (AvgIpc) is 2.71. The summed E-state index contributed by atoms with van der Waals surface area (Å²) in [7, 11) is -4.79. The van der Waals surface area contributed by atoms with Crippen LogP contribution in [0.3, 0.4) is 0 Å². The SMILES string of the molecule is O=Cc1cc(Br)cnc1N1CC(S(=O)(=O)F)CC1=O. The van der Waals surface area contributed by atoms with E-state index in [0.29, 0.717) is 10.8 Å². The third kappa shape index (κ3) is 2.81. The summed E-state index contributed by atoms with van der Waals surface area (Å²) < 4.78 is 35.1. The minimum absolute atomic E-state index is 0.0364. The van der Waals surface area contributed by atoms with Crippen molar-refractivity contribution in [2.45, 2.75) is 11.7 Å². The molecule has 102 valence electrons. The van der Waals surface area contributed by atoms with Crippen LogP contribution in [0.4, 0.5) is 9.70 Å². The van der Waals surface area contributed by atoms with E-state index in [1.807, 2.05) is 0 Å². The Balaban J connectivity index is 2.38. The number of aromatic nitrogens is 1. The van der Waals surface area contributed by atoms with Crippen molar-refractivity contribution in [2.75, 3.05) is 11.4 Å². The molecule has 0 saturated carbocycles. The Morgan fingerprint density at radius 3 is 2.74 bits per heavy atom. The number of carbonyl (C=O) groups excluding carboxylic acids is 2. The second-order valence-electron chi connectivity index (χ2n) is 3.99. The number of hydrogen-bond acceptors (Lipinski definition) is 5. The van der Waals surface area contributed by atoms with Crippen LogP contribution in [0.1, 0.15) is 16.8 Å². The van der Waals surface area contributed by atoms with E-state index in [1.165, 1.54) is 12.3 Å². The molecule has 1 atom stereocenters. The molecule has 1 aromatic heterocycles. The maximum atomic E-state index is 12.9. The molecule has 19 heavy (non-hydrogen) atoms. The normalized spacial score (nSPS) is 19.8. The fourth-order valence-electron chi connectivity index (χ4n) is 1.83. The Morgan fingerprint density at radius 2 is 2.21 bits per heavy atom. The van der Waals surface area contributed by atoms with Gasteiger partial charge in [-0.1, -0.05) is 0 Å². The van der Waals surface area contributed by atoms with Crippen molar-refractivity contribution in [1.29, 1.82) is 0 Å². The van der Waals surface area contributed by atoms with Gasteiger partial charge in [0.25, 0.3) is 0 Å². The summed E-state index contributed by atoms with van der Waals surface area (Å²) in [5.41, 5.74) is 0.125. The zero-order chi connectivity index (χ0) is 14.2. The molecule has 1 unspecified atom stereocenters. The maximum Gasteiger partial charge on any atom is 0.307 e. The summed E-state index contributed by atoms with van der Waals surface area (Å²) in [5.74, 6) is -0.543. The van der Waals surface area contributed by atoms with Gasteiger partial charge in [-0.25, -0.2) is 4.98 Å². The molecule has 1 aromatic rings. The van der Waals surface area contributed by atoms with E-state index in [0.717, 1.165) is 4.90 Å². The van der Waals surface area contributed by atoms with Crippen LogP contribution in [-0.2, 0) is 15.0 Å². The highest BCUT2D eigenvalue weighted by atomic mass is 79.9. The number of halogens is 2. The molecule has 0 bridgehead atoms. The van der Waals surface area contributed by atoms with E-state index in [4.69, 9.17) is 0 Å². The van der Waals surface area contributed by atoms with Gasteiger partial charge in [-0.05, 0) is 22.0 Å². The van der Waals surface area contributed by atoms with Crippen LogP contribution in [0.5, 0.6) is 0 Å². The van der Waals surface area contributed by atoms with Crippen molar-refractivity contribution < 1.29 is 21.9 Å². The van der Waals surface area contributed by atoms with E-state index < -0.39 is 27.8 Å². The van der Waals surface area contributed by atoms with Crippen LogP contribution in [-0.4, -0.2) is 37.4 Å². The lowest BCUT2D eigenvalue weighted by molar-refractivity contribution is -0.117.